The highest BCUT2D eigenvalue weighted by molar-refractivity contribution is 9.10. The van der Waals surface area contributed by atoms with Gasteiger partial charge in [-0.2, -0.15) is 0 Å². The third kappa shape index (κ3) is 5.11. The Balaban J connectivity index is 1.89. The molecule has 1 aromatic carbocycles. The average Bonchev–Trinajstić information content (AvgIpc) is 2.45. The number of ketones is 1. The average molecular weight is 391 g/mol. The molecule has 0 aliphatic heterocycles. The van der Waals surface area contributed by atoms with Gasteiger partial charge in [0.15, 0.2) is 0 Å². The second-order valence-corrected chi connectivity index (χ2v) is 9.81. The fourth-order valence-corrected chi connectivity index (χ4v) is 4.94. The van der Waals surface area contributed by atoms with Crippen LogP contribution in [0.25, 0.3) is 0 Å². The van der Waals surface area contributed by atoms with Crippen molar-refractivity contribution in [1.29, 1.82) is 0 Å². The Morgan fingerprint density at radius 3 is 2.57 bits per heavy atom. The molecule has 116 valence electrons. The Bertz CT molecular complexity index is 596. The van der Waals surface area contributed by atoms with E-state index in [-0.39, 0.29) is 17.0 Å². The highest BCUT2D eigenvalue weighted by Crippen LogP contribution is 2.31. The minimum Gasteiger partial charge on any atom is -0.298 e. The Labute approximate surface area is 138 Å². The molecule has 1 aliphatic rings. The lowest BCUT2D eigenvalue weighted by atomic mass is 9.86. The number of rotatable bonds is 5. The van der Waals surface area contributed by atoms with Crippen LogP contribution in [-0.2, 0) is 14.6 Å². The summed E-state index contributed by atoms with van der Waals surface area (Å²) < 4.78 is 24.3. The zero-order chi connectivity index (χ0) is 15.5. The van der Waals surface area contributed by atoms with Crippen LogP contribution in [0.3, 0.4) is 0 Å². The molecule has 1 saturated carbocycles. The van der Waals surface area contributed by atoms with E-state index in [4.69, 9.17) is 0 Å². The van der Waals surface area contributed by atoms with Crippen molar-refractivity contribution in [2.45, 2.75) is 35.8 Å². The van der Waals surface area contributed by atoms with Crippen LogP contribution >= 0.6 is 27.7 Å². The number of thioether (sulfide) groups is 1. The maximum atomic E-state index is 12.3. The van der Waals surface area contributed by atoms with E-state index in [1.165, 1.54) is 18.0 Å². The largest absolute Gasteiger partial charge is 0.298 e. The summed E-state index contributed by atoms with van der Waals surface area (Å²) in [5.41, 5.74) is 0. The van der Waals surface area contributed by atoms with Gasteiger partial charge in [-0.15, -0.1) is 11.8 Å². The van der Waals surface area contributed by atoms with Crippen LogP contribution < -0.4 is 0 Å². The minimum atomic E-state index is -3.03. The monoisotopic (exact) mass is 390 g/mol. The Morgan fingerprint density at radius 2 is 1.95 bits per heavy atom. The van der Waals surface area contributed by atoms with Crippen LogP contribution in [0.5, 0.6) is 0 Å². The van der Waals surface area contributed by atoms with Crippen LogP contribution in [0, 0.1) is 5.92 Å². The van der Waals surface area contributed by atoms with E-state index in [1.54, 1.807) is 0 Å². The molecule has 0 saturated heterocycles. The number of hydrogen-bond donors (Lipinski definition) is 0. The topological polar surface area (TPSA) is 51.2 Å². The second kappa shape index (κ2) is 7.29. The first-order valence-electron chi connectivity index (χ1n) is 6.96. The molecule has 2 rings (SSSR count). The normalized spacial score (nSPS) is 23.0. The summed E-state index contributed by atoms with van der Waals surface area (Å²) in [7, 11) is -3.03. The van der Waals surface area contributed by atoms with Gasteiger partial charge in [0.1, 0.15) is 15.6 Å². The van der Waals surface area contributed by atoms with E-state index >= 15 is 0 Å². The number of halogens is 1. The fourth-order valence-electron chi connectivity index (χ4n) is 2.63. The fraction of sp³-hybridized carbons (Fsp3) is 0.533. The van der Waals surface area contributed by atoms with Crippen molar-refractivity contribution in [3.8, 4) is 0 Å². The Kier molecular flexibility index (Phi) is 5.91. The lowest BCUT2D eigenvalue weighted by molar-refractivity contribution is -0.121. The van der Waals surface area contributed by atoms with Gasteiger partial charge in [0.25, 0.3) is 0 Å². The maximum Gasteiger partial charge on any atom is 0.150 e. The number of benzene rings is 1. The molecule has 2 unspecified atom stereocenters. The summed E-state index contributed by atoms with van der Waals surface area (Å²) in [6.45, 7) is 0. The standard InChI is InChI=1S/C15H19BrO3S2/c1-21(18,19)14-4-2-3-11(9-14)15(17)10-20-13-7-5-12(16)6-8-13/h5-8,11,14H,2-4,9-10H2,1H3. The lowest BCUT2D eigenvalue weighted by Crippen LogP contribution is -2.31. The van der Waals surface area contributed by atoms with Crippen molar-refractivity contribution in [2.75, 3.05) is 12.0 Å². The van der Waals surface area contributed by atoms with E-state index in [9.17, 15) is 13.2 Å². The number of carbonyl (C=O) groups is 1. The molecule has 1 aliphatic carbocycles. The number of Topliss-reactive ketones (excluding diaryl/α,β-unsaturated/α-hetero) is 1. The summed E-state index contributed by atoms with van der Waals surface area (Å²) in [5, 5.41) is -0.335. The van der Waals surface area contributed by atoms with Gasteiger partial charge in [0.05, 0.1) is 11.0 Å². The van der Waals surface area contributed by atoms with Gasteiger partial charge in [-0.25, -0.2) is 8.42 Å². The minimum absolute atomic E-state index is 0.0959. The Morgan fingerprint density at radius 1 is 1.29 bits per heavy atom. The molecule has 0 N–H and O–H groups in total. The first-order chi connectivity index (χ1) is 9.86. The van der Waals surface area contributed by atoms with E-state index < -0.39 is 9.84 Å². The molecule has 1 aromatic rings. The van der Waals surface area contributed by atoms with Gasteiger partial charge in [-0.3, -0.25) is 4.79 Å². The van der Waals surface area contributed by atoms with Crippen molar-refractivity contribution >= 4 is 43.3 Å². The van der Waals surface area contributed by atoms with Crippen LogP contribution in [0.4, 0.5) is 0 Å². The van der Waals surface area contributed by atoms with Gasteiger partial charge in [-0.05, 0) is 43.5 Å². The summed E-state index contributed by atoms with van der Waals surface area (Å²) in [5.74, 6) is 0.501. The van der Waals surface area contributed by atoms with Crippen molar-refractivity contribution < 1.29 is 13.2 Å². The van der Waals surface area contributed by atoms with E-state index in [2.05, 4.69) is 15.9 Å². The predicted molar refractivity (Wildman–Crippen MR) is 90.5 cm³/mol. The van der Waals surface area contributed by atoms with Crippen molar-refractivity contribution in [1.82, 2.24) is 0 Å². The molecule has 0 bridgehead atoms. The van der Waals surface area contributed by atoms with E-state index in [0.29, 0.717) is 18.6 Å². The molecule has 0 spiro atoms. The summed E-state index contributed by atoms with van der Waals surface area (Å²) in [6.07, 6.45) is 4.13. The quantitative estimate of drug-likeness (QED) is 0.718. The molecule has 2 atom stereocenters. The molecule has 0 heterocycles. The molecular formula is C15H19BrO3S2. The first-order valence-corrected chi connectivity index (χ1v) is 10.7. The zero-order valence-electron chi connectivity index (χ0n) is 11.9. The third-order valence-electron chi connectivity index (χ3n) is 3.88. The smallest absolute Gasteiger partial charge is 0.150 e. The van der Waals surface area contributed by atoms with Gasteiger partial charge in [0.2, 0.25) is 0 Å². The molecule has 1 fully saturated rings. The summed E-state index contributed by atoms with van der Waals surface area (Å²) in [4.78, 5) is 13.3. The lowest BCUT2D eigenvalue weighted by Gasteiger charge is -2.26. The first kappa shape index (κ1) is 17.0. The van der Waals surface area contributed by atoms with Gasteiger partial charge in [-0.1, -0.05) is 22.4 Å². The van der Waals surface area contributed by atoms with Crippen molar-refractivity contribution in [2.24, 2.45) is 5.92 Å². The van der Waals surface area contributed by atoms with Crippen molar-refractivity contribution in [3.05, 3.63) is 28.7 Å². The summed E-state index contributed by atoms with van der Waals surface area (Å²) >= 11 is 4.90. The maximum absolute atomic E-state index is 12.3. The third-order valence-corrected chi connectivity index (χ3v) is 7.08. The van der Waals surface area contributed by atoms with Crippen LogP contribution in [0.15, 0.2) is 33.6 Å². The molecule has 0 radical (unpaired) electrons. The molecule has 21 heavy (non-hydrogen) atoms. The number of carbonyl (C=O) groups excluding carboxylic acids is 1. The van der Waals surface area contributed by atoms with Crippen LogP contribution in [0.1, 0.15) is 25.7 Å². The van der Waals surface area contributed by atoms with Gasteiger partial charge in [0, 0.05) is 21.5 Å². The van der Waals surface area contributed by atoms with Gasteiger partial charge < -0.3 is 0 Å². The number of hydrogen-bond acceptors (Lipinski definition) is 4. The van der Waals surface area contributed by atoms with Crippen LogP contribution in [0.2, 0.25) is 0 Å². The molecular weight excluding hydrogens is 372 g/mol. The highest BCUT2D eigenvalue weighted by Gasteiger charge is 2.32. The Hall–Kier alpha value is -0.330. The molecule has 3 nitrogen and oxygen atoms in total. The van der Waals surface area contributed by atoms with E-state index in [0.717, 1.165) is 22.2 Å². The second-order valence-electron chi connectivity index (χ2n) is 5.52. The van der Waals surface area contributed by atoms with E-state index in [1.807, 2.05) is 24.3 Å². The molecule has 0 aromatic heterocycles. The highest BCUT2D eigenvalue weighted by atomic mass is 79.9. The SMILES string of the molecule is CS(=O)(=O)C1CCCC(C(=O)CSc2ccc(Br)cc2)C1. The molecule has 0 amide bonds. The number of sulfone groups is 1. The molecule has 6 heteroatoms. The van der Waals surface area contributed by atoms with Crippen molar-refractivity contribution in [3.63, 3.8) is 0 Å². The van der Waals surface area contributed by atoms with Crippen LogP contribution in [-0.4, -0.2) is 31.5 Å². The zero-order valence-corrected chi connectivity index (χ0v) is 15.1. The predicted octanol–water partition coefficient (Wildman–Crippen LogP) is 3.71. The summed E-state index contributed by atoms with van der Waals surface area (Å²) in [6, 6.07) is 7.85. The van der Waals surface area contributed by atoms with Gasteiger partial charge >= 0.3 is 0 Å².